The summed E-state index contributed by atoms with van der Waals surface area (Å²) in [6, 6.07) is 1.82. The molecule has 2 aromatic heterocycles. The van der Waals surface area contributed by atoms with Gasteiger partial charge in [-0.25, -0.2) is 4.98 Å². The zero-order chi connectivity index (χ0) is 18.1. The van der Waals surface area contributed by atoms with Crippen LogP contribution in [0.3, 0.4) is 0 Å². The average molecular weight is 374 g/mol. The van der Waals surface area contributed by atoms with Crippen LogP contribution in [-0.2, 0) is 28.9 Å². The minimum absolute atomic E-state index is 0.0413. The Kier molecular flexibility index (Phi) is 4.91. The van der Waals surface area contributed by atoms with E-state index in [-0.39, 0.29) is 11.7 Å². The molecule has 0 bridgehead atoms. The van der Waals surface area contributed by atoms with Crippen molar-refractivity contribution in [3.05, 3.63) is 39.2 Å². The van der Waals surface area contributed by atoms with Gasteiger partial charge >= 0.3 is 0 Å². The van der Waals surface area contributed by atoms with Gasteiger partial charge in [-0.1, -0.05) is 0 Å². The highest BCUT2D eigenvalue weighted by molar-refractivity contribution is 7.12. The molecule has 0 aliphatic carbocycles. The van der Waals surface area contributed by atoms with E-state index in [1.165, 1.54) is 11.3 Å². The van der Waals surface area contributed by atoms with Crippen LogP contribution in [0.2, 0.25) is 0 Å². The first-order chi connectivity index (χ1) is 12.6. The van der Waals surface area contributed by atoms with Gasteiger partial charge in [-0.15, -0.1) is 11.3 Å². The van der Waals surface area contributed by atoms with Crippen LogP contribution in [0.5, 0.6) is 0 Å². The van der Waals surface area contributed by atoms with E-state index in [1.54, 1.807) is 6.92 Å². The molecule has 26 heavy (non-hydrogen) atoms. The highest BCUT2D eigenvalue weighted by Crippen LogP contribution is 2.30. The molecule has 1 amide bonds. The van der Waals surface area contributed by atoms with E-state index in [0.717, 1.165) is 49.0 Å². The fraction of sp³-hybridized carbons (Fsp3) is 0.526. The molecule has 6 nitrogen and oxygen atoms in total. The van der Waals surface area contributed by atoms with Crippen LogP contribution in [0.4, 0.5) is 0 Å². The third kappa shape index (κ3) is 3.59. The fourth-order valence-electron chi connectivity index (χ4n) is 3.49. The summed E-state index contributed by atoms with van der Waals surface area (Å²) in [6.45, 7) is 4.21. The van der Waals surface area contributed by atoms with Crippen molar-refractivity contribution < 1.29 is 18.7 Å². The lowest BCUT2D eigenvalue weighted by Gasteiger charge is -2.25. The van der Waals surface area contributed by atoms with Crippen LogP contribution in [-0.4, -0.2) is 41.3 Å². The third-order valence-corrected chi connectivity index (χ3v) is 6.10. The number of aromatic nitrogens is 1. The monoisotopic (exact) mass is 374 g/mol. The van der Waals surface area contributed by atoms with Crippen LogP contribution >= 0.6 is 11.3 Å². The van der Waals surface area contributed by atoms with Gasteiger partial charge in [0.05, 0.1) is 17.8 Å². The van der Waals surface area contributed by atoms with E-state index in [9.17, 15) is 9.59 Å². The molecule has 2 aromatic rings. The zero-order valence-corrected chi connectivity index (χ0v) is 15.6. The first-order valence-corrected chi connectivity index (χ1v) is 9.90. The Balaban J connectivity index is 1.41. The number of thiophene rings is 1. The number of oxazole rings is 1. The number of ketones is 1. The molecule has 2 aliphatic rings. The second kappa shape index (κ2) is 7.32. The van der Waals surface area contributed by atoms with Crippen LogP contribution < -0.4 is 0 Å². The molecule has 0 aromatic carbocycles. The maximum absolute atomic E-state index is 12.6. The van der Waals surface area contributed by atoms with Crippen molar-refractivity contribution in [3.63, 3.8) is 0 Å². The summed E-state index contributed by atoms with van der Waals surface area (Å²) in [5, 5.41) is 1.89. The molecule has 4 heterocycles. The van der Waals surface area contributed by atoms with Gasteiger partial charge in [0.25, 0.3) is 0 Å². The summed E-state index contributed by atoms with van der Waals surface area (Å²) in [4.78, 5) is 31.3. The summed E-state index contributed by atoms with van der Waals surface area (Å²) in [7, 11) is 0. The normalized spacial score (nSPS) is 18.0. The van der Waals surface area contributed by atoms with Crippen LogP contribution in [0.15, 0.2) is 15.9 Å². The first kappa shape index (κ1) is 17.4. The number of ether oxygens (including phenoxy) is 1. The molecule has 0 spiro atoms. The molecule has 0 saturated carbocycles. The second-order valence-corrected chi connectivity index (χ2v) is 7.84. The van der Waals surface area contributed by atoms with Gasteiger partial charge in [0.1, 0.15) is 11.5 Å². The van der Waals surface area contributed by atoms with Crippen molar-refractivity contribution in [2.24, 2.45) is 0 Å². The number of hydrogen-bond acceptors (Lipinski definition) is 6. The summed E-state index contributed by atoms with van der Waals surface area (Å²) in [6.07, 6.45) is 2.92. The molecular formula is C19H22N2O4S. The predicted molar refractivity (Wildman–Crippen MR) is 96.4 cm³/mol. The van der Waals surface area contributed by atoms with E-state index >= 15 is 0 Å². The molecule has 7 heteroatoms. The van der Waals surface area contributed by atoms with Crippen molar-refractivity contribution >= 4 is 23.0 Å². The molecule has 0 radical (unpaired) electrons. The number of hydrogen-bond donors (Lipinski definition) is 0. The van der Waals surface area contributed by atoms with E-state index in [4.69, 9.17) is 9.15 Å². The van der Waals surface area contributed by atoms with Gasteiger partial charge in [0.2, 0.25) is 5.91 Å². The van der Waals surface area contributed by atoms with E-state index in [1.807, 2.05) is 16.3 Å². The number of amides is 1. The van der Waals surface area contributed by atoms with Crippen molar-refractivity contribution in [1.82, 2.24) is 9.88 Å². The number of carbonyl (C=O) groups excluding carboxylic acids is 2. The molecule has 138 valence electrons. The highest BCUT2D eigenvalue weighted by Gasteiger charge is 2.28. The zero-order valence-electron chi connectivity index (χ0n) is 14.8. The van der Waals surface area contributed by atoms with Crippen LogP contribution in [0.25, 0.3) is 0 Å². The third-order valence-electron chi connectivity index (χ3n) is 5.02. The molecule has 0 atom stereocenters. The smallest absolute Gasteiger partial charge is 0.227 e. The van der Waals surface area contributed by atoms with Crippen molar-refractivity contribution in [2.75, 3.05) is 19.8 Å². The van der Waals surface area contributed by atoms with Crippen LogP contribution in [0, 0.1) is 0 Å². The van der Waals surface area contributed by atoms with Gasteiger partial charge < -0.3 is 14.1 Å². The number of carbonyl (C=O) groups is 2. The van der Waals surface area contributed by atoms with Gasteiger partial charge in [-0.3, -0.25) is 9.59 Å². The van der Waals surface area contributed by atoms with E-state index in [0.29, 0.717) is 36.7 Å². The number of fused-ring (bicyclic) bond motifs is 1. The lowest BCUT2D eigenvalue weighted by molar-refractivity contribution is -0.131. The number of rotatable bonds is 4. The SMILES string of the molecule is CC(=O)c1cc(CC(=O)N2CCc3oc(C4CCOCC4)nc3C2)cs1. The highest BCUT2D eigenvalue weighted by atomic mass is 32.1. The maximum Gasteiger partial charge on any atom is 0.227 e. The summed E-state index contributed by atoms with van der Waals surface area (Å²) < 4.78 is 11.4. The lowest BCUT2D eigenvalue weighted by Crippen LogP contribution is -2.36. The van der Waals surface area contributed by atoms with Crippen molar-refractivity contribution in [1.29, 1.82) is 0 Å². The van der Waals surface area contributed by atoms with E-state index in [2.05, 4.69) is 4.98 Å². The Morgan fingerprint density at radius 2 is 2.15 bits per heavy atom. The Hall–Kier alpha value is -1.99. The Labute approximate surface area is 156 Å². The van der Waals surface area contributed by atoms with Crippen LogP contribution in [0.1, 0.15) is 58.3 Å². The molecular weight excluding hydrogens is 352 g/mol. The summed E-state index contributed by atoms with van der Waals surface area (Å²) in [5.41, 5.74) is 1.79. The minimum Gasteiger partial charge on any atom is -0.445 e. The molecule has 0 N–H and O–H groups in total. The molecule has 0 unspecified atom stereocenters. The average Bonchev–Trinajstić information content (AvgIpc) is 3.28. The Morgan fingerprint density at radius 1 is 1.35 bits per heavy atom. The Morgan fingerprint density at radius 3 is 2.88 bits per heavy atom. The van der Waals surface area contributed by atoms with Gasteiger partial charge in [-0.05, 0) is 36.8 Å². The summed E-state index contributed by atoms with van der Waals surface area (Å²) >= 11 is 1.40. The largest absolute Gasteiger partial charge is 0.445 e. The summed E-state index contributed by atoms with van der Waals surface area (Å²) in [5.74, 6) is 2.16. The molecule has 1 fully saturated rings. The fourth-order valence-corrected chi connectivity index (χ4v) is 4.30. The van der Waals surface area contributed by atoms with Crippen molar-refractivity contribution in [2.45, 2.75) is 45.1 Å². The number of Topliss-reactive ketones (excluding diaryl/α,β-unsaturated/α-hetero) is 1. The molecule has 4 rings (SSSR count). The minimum atomic E-state index is 0.0413. The second-order valence-electron chi connectivity index (χ2n) is 6.93. The quantitative estimate of drug-likeness (QED) is 0.770. The first-order valence-electron chi connectivity index (χ1n) is 9.02. The topological polar surface area (TPSA) is 72.6 Å². The lowest BCUT2D eigenvalue weighted by atomic mass is 10.0. The Bertz CT molecular complexity index is 819. The number of nitrogens with zero attached hydrogens (tertiary/aromatic N) is 2. The van der Waals surface area contributed by atoms with Crippen molar-refractivity contribution in [3.8, 4) is 0 Å². The standard InChI is InChI=1S/C19H22N2O4S/c1-12(22)17-8-13(11-26-17)9-18(23)21-5-2-16-15(10-21)20-19(25-16)14-3-6-24-7-4-14/h8,11,14H,2-7,9-10H2,1H3. The van der Waals surface area contributed by atoms with E-state index < -0.39 is 0 Å². The maximum atomic E-state index is 12.6. The van der Waals surface area contributed by atoms with Gasteiger partial charge in [0.15, 0.2) is 11.7 Å². The predicted octanol–water partition coefficient (Wildman–Crippen LogP) is 2.96. The van der Waals surface area contributed by atoms with Gasteiger partial charge in [0, 0.05) is 32.1 Å². The molecule has 2 aliphatic heterocycles. The molecule has 1 saturated heterocycles. The van der Waals surface area contributed by atoms with Gasteiger partial charge in [-0.2, -0.15) is 0 Å².